The van der Waals surface area contributed by atoms with Crippen LogP contribution in [0.15, 0.2) is 23.9 Å². The molecule has 0 aliphatic heterocycles. The zero-order valence-electron chi connectivity index (χ0n) is 20.0. The van der Waals surface area contributed by atoms with E-state index in [9.17, 15) is 14.7 Å². The number of nitrogens with zero attached hydrogens (tertiary/aromatic N) is 1. The molecule has 3 aliphatic rings. The Labute approximate surface area is 191 Å². The molecular formula is C24H36N2O5Si. The third-order valence-electron chi connectivity index (χ3n) is 6.01. The minimum Gasteiger partial charge on any atom is -0.508 e. The Balaban J connectivity index is 2.04. The number of phenolic OH excluding ortho intramolecular Hbond substituents is 1. The lowest BCUT2D eigenvalue weighted by atomic mass is 9.60. The standard InChI is InChI=1S/C24H36N2O5Si/c1-7-10-30-24(29)22-20-17-13-15(27)8-9-16(17)18(14-19(20)25-26(2)3)21(22)23(28)31-11-12-32(4,5)6/h8-9,13,18,21-22,25,27H,7,10-12,14H2,1-6H3/t18?,21-,22-/m1/s1. The quantitative estimate of drug-likeness (QED) is 0.330. The van der Waals surface area contributed by atoms with E-state index in [1.165, 1.54) is 0 Å². The van der Waals surface area contributed by atoms with Crippen molar-refractivity contribution < 1.29 is 24.2 Å². The maximum absolute atomic E-state index is 13.4. The fourth-order valence-electron chi connectivity index (χ4n) is 4.58. The van der Waals surface area contributed by atoms with Crippen molar-refractivity contribution in [3.63, 3.8) is 0 Å². The highest BCUT2D eigenvalue weighted by atomic mass is 28.3. The summed E-state index contributed by atoms with van der Waals surface area (Å²) in [6.07, 6.45) is 1.29. The number of hydrogen-bond acceptors (Lipinski definition) is 7. The van der Waals surface area contributed by atoms with Crippen LogP contribution in [0.25, 0.3) is 5.57 Å². The number of allylic oxidation sites excluding steroid dienone is 1. The van der Waals surface area contributed by atoms with Gasteiger partial charge in [0.05, 0.1) is 25.0 Å². The number of carbonyl (C=O) groups excluding carboxylic acids is 2. The first-order chi connectivity index (χ1) is 15.0. The van der Waals surface area contributed by atoms with Crippen LogP contribution in [0.3, 0.4) is 0 Å². The van der Waals surface area contributed by atoms with Crippen LogP contribution < -0.4 is 5.43 Å². The fourth-order valence-corrected chi connectivity index (χ4v) is 5.29. The smallest absolute Gasteiger partial charge is 0.314 e. The largest absolute Gasteiger partial charge is 0.508 e. The Kier molecular flexibility index (Phi) is 7.35. The highest BCUT2D eigenvalue weighted by molar-refractivity contribution is 6.76. The Bertz CT molecular complexity index is 906. The van der Waals surface area contributed by atoms with Gasteiger partial charge in [0.15, 0.2) is 0 Å². The zero-order valence-corrected chi connectivity index (χ0v) is 21.0. The summed E-state index contributed by atoms with van der Waals surface area (Å²) >= 11 is 0. The molecule has 0 spiro atoms. The van der Waals surface area contributed by atoms with Crippen LogP contribution >= 0.6 is 0 Å². The molecular weight excluding hydrogens is 424 g/mol. The van der Waals surface area contributed by atoms with E-state index < -0.39 is 25.9 Å². The molecule has 4 rings (SSSR count). The van der Waals surface area contributed by atoms with Crippen molar-refractivity contribution in [2.45, 2.75) is 51.4 Å². The Morgan fingerprint density at radius 1 is 1.16 bits per heavy atom. The molecule has 0 fully saturated rings. The molecule has 7 nitrogen and oxygen atoms in total. The number of phenols is 1. The number of hydrazine groups is 1. The van der Waals surface area contributed by atoms with Gasteiger partial charge in [0.25, 0.3) is 0 Å². The average molecular weight is 461 g/mol. The summed E-state index contributed by atoms with van der Waals surface area (Å²) < 4.78 is 11.3. The lowest BCUT2D eigenvalue weighted by molar-refractivity contribution is -0.160. The van der Waals surface area contributed by atoms with E-state index in [4.69, 9.17) is 9.47 Å². The second-order valence-electron chi connectivity index (χ2n) is 10.1. The Morgan fingerprint density at radius 3 is 2.47 bits per heavy atom. The SMILES string of the molecule is CCCOC(=O)[C@@H]1C2=C(NN(C)C)CC(c3ccc(O)cc32)[C@H]1C(=O)OCC[Si](C)(C)C. The van der Waals surface area contributed by atoms with Crippen LogP contribution in [0.4, 0.5) is 0 Å². The van der Waals surface area contributed by atoms with Crippen molar-refractivity contribution >= 4 is 25.6 Å². The number of carbonyl (C=O) groups is 2. The van der Waals surface area contributed by atoms with E-state index in [2.05, 4.69) is 25.1 Å². The predicted octanol–water partition coefficient (Wildman–Crippen LogP) is 3.74. The van der Waals surface area contributed by atoms with Crippen LogP contribution in [0.2, 0.25) is 25.7 Å². The van der Waals surface area contributed by atoms with Crippen molar-refractivity contribution in [3.8, 4) is 5.75 Å². The highest BCUT2D eigenvalue weighted by Gasteiger charge is 2.53. The second kappa shape index (κ2) is 9.66. The Morgan fingerprint density at radius 2 is 1.84 bits per heavy atom. The van der Waals surface area contributed by atoms with Gasteiger partial charge in [0.1, 0.15) is 5.75 Å². The zero-order chi connectivity index (χ0) is 23.6. The number of rotatable bonds is 9. The molecule has 32 heavy (non-hydrogen) atoms. The van der Waals surface area contributed by atoms with Gasteiger partial charge in [-0.15, -0.1) is 0 Å². The summed E-state index contributed by atoms with van der Waals surface area (Å²) in [4.78, 5) is 26.6. The molecule has 1 unspecified atom stereocenters. The van der Waals surface area contributed by atoms with Crippen LogP contribution in [0.5, 0.6) is 5.75 Å². The van der Waals surface area contributed by atoms with Gasteiger partial charge in [0, 0.05) is 33.8 Å². The van der Waals surface area contributed by atoms with Crippen molar-refractivity contribution in [2.24, 2.45) is 11.8 Å². The number of aromatic hydroxyl groups is 1. The molecule has 176 valence electrons. The summed E-state index contributed by atoms with van der Waals surface area (Å²) in [5.74, 6) is -2.26. The first-order valence-electron chi connectivity index (χ1n) is 11.4. The number of benzene rings is 1. The number of nitrogens with one attached hydrogen (secondary N) is 1. The van der Waals surface area contributed by atoms with Crippen LogP contribution in [0, 0.1) is 11.8 Å². The first-order valence-corrected chi connectivity index (χ1v) is 15.1. The van der Waals surface area contributed by atoms with E-state index in [1.807, 2.05) is 32.1 Å². The van der Waals surface area contributed by atoms with Gasteiger partial charge in [-0.05, 0) is 47.7 Å². The lowest BCUT2D eigenvalue weighted by Crippen LogP contribution is -2.47. The van der Waals surface area contributed by atoms with Gasteiger partial charge < -0.3 is 20.0 Å². The minimum absolute atomic E-state index is 0.128. The number of esters is 2. The number of hydrogen-bond donors (Lipinski definition) is 2. The molecule has 3 aliphatic carbocycles. The van der Waals surface area contributed by atoms with Gasteiger partial charge >= 0.3 is 11.9 Å². The van der Waals surface area contributed by atoms with Crippen molar-refractivity contribution in [1.82, 2.24) is 10.4 Å². The van der Waals surface area contributed by atoms with Crippen molar-refractivity contribution in [1.29, 1.82) is 0 Å². The topological polar surface area (TPSA) is 88.1 Å². The molecule has 0 aromatic heterocycles. The van der Waals surface area contributed by atoms with E-state index in [1.54, 1.807) is 12.1 Å². The molecule has 0 radical (unpaired) electrons. The molecule has 2 N–H and O–H groups in total. The minimum atomic E-state index is -1.36. The van der Waals surface area contributed by atoms with Crippen LogP contribution in [0.1, 0.15) is 36.8 Å². The molecule has 0 amide bonds. The van der Waals surface area contributed by atoms with Gasteiger partial charge in [0.2, 0.25) is 0 Å². The summed E-state index contributed by atoms with van der Waals surface area (Å²) in [6.45, 7) is 9.32. The van der Waals surface area contributed by atoms with E-state index in [-0.39, 0.29) is 17.6 Å². The summed E-state index contributed by atoms with van der Waals surface area (Å²) in [6, 6.07) is 6.05. The van der Waals surface area contributed by atoms with Gasteiger partial charge in [-0.1, -0.05) is 32.6 Å². The maximum Gasteiger partial charge on any atom is 0.314 e. The third kappa shape index (κ3) is 5.18. The molecule has 0 saturated heterocycles. The van der Waals surface area contributed by atoms with Gasteiger partial charge in [-0.2, -0.15) is 0 Å². The van der Waals surface area contributed by atoms with Crippen LogP contribution in [-0.4, -0.2) is 57.4 Å². The highest BCUT2D eigenvalue weighted by Crippen LogP contribution is 2.55. The van der Waals surface area contributed by atoms with Gasteiger partial charge in [-0.25, -0.2) is 5.01 Å². The second-order valence-corrected chi connectivity index (χ2v) is 15.8. The average Bonchev–Trinajstić information content (AvgIpc) is 2.69. The lowest BCUT2D eigenvalue weighted by Gasteiger charge is -2.45. The van der Waals surface area contributed by atoms with Gasteiger partial charge in [-0.3, -0.25) is 9.59 Å². The number of fused-ring (bicyclic) bond motifs is 2. The molecule has 8 heteroatoms. The summed E-state index contributed by atoms with van der Waals surface area (Å²) in [7, 11) is 2.40. The molecule has 1 aromatic carbocycles. The normalized spacial score (nSPS) is 22.0. The monoisotopic (exact) mass is 460 g/mol. The van der Waals surface area contributed by atoms with Crippen molar-refractivity contribution in [2.75, 3.05) is 27.3 Å². The molecule has 0 heterocycles. The molecule has 0 saturated carbocycles. The molecule has 1 aromatic rings. The number of ether oxygens (including phenoxy) is 2. The van der Waals surface area contributed by atoms with Crippen molar-refractivity contribution in [3.05, 3.63) is 35.0 Å². The summed E-state index contributed by atoms with van der Waals surface area (Å²) in [5.41, 5.74) is 6.68. The molecule has 3 atom stereocenters. The van der Waals surface area contributed by atoms with E-state index >= 15 is 0 Å². The Hall–Kier alpha value is -2.32. The summed E-state index contributed by atoms with van der Waals surface area (Å²) in [5, 5.41) is 12.0. The van der Waals surface area contributed by atoms with E-state index in [0.717, 1.165) is 28.4 Å². The predicted molar refractivity (Wildman–Crippen MR) is 127 cm³/mol. The third-order valence-corrected chi connectivity index (χ3v) is 7.71. The fraction of sp³-hybridized carbons (Fsp3) is 0.583. The maximum atomic E-state index is 13.4. The first kappa shape index (κ1) is 24.3. The van der Waals surface area contributed by atoms with Crippen LogP contribution in [-0.2, 0) is 19.1 Å². The molecule has 2 bridgehead atoms. The van der Waals surface area contributed by atoms with E-state index in [0.29, 0.717) is 26.1 Å².